The van der Waals surface area contributed by atoms with Crippen molar-refractivity contribution in [2.24, 2.45) is 0 Å². The molecule has 0 spiro atoms. The van der Waals surface area contributed by atoms with Crippen LogP contribution in [0.4, 0.5) is 5.69 Å². The molecule has 1 N–H and O–H groups in total. The zero-order valence-electron chi connectivity index (χ0n) is 12.4. The van der Waals surface area contributed by atoms with Gasteiger partial charge in [0.05, 0.1) is 13.0 Å². The molecular formula is C17H12ClNO5. The van der Waals surface area contributed by atoms with Crippen LogP contribution in [0.2, 0.25) is 5.02 Å². The Morgan fingerprint density at radius 1 is 1.25 bits per heavy atom. The molecular weight excluding hydrogens is 334 g/mol. The highest BCUT2D eigenvalue weighted by atomic mass is 35.5. The van der Waals surface area contributed by atoms with Gasteiger partial charge in [-0.05, 0) is 35.4 Å². The van der Waals surface area contributed by atoms with Crippen molar-refractivity contribution in [2.45, 2.75) is 13.0 Å². The van der Waals surface area contributed by atoms with Crippen LogP contribution in [0.25, 0.3) is 0 Å². The molecule has 0 atom stereocenters. The van der Waals surface area contributed by atoms with Gasteiger partial charge in [0.15, 0.2) is 11.5 Å². The molecule has 0 aliphatic carbocycles. The van der Waals surface area contributed by atoms with Crippen LogP contribution in [-0.4, -0.2) is 23.8 Å². The zero-order chi connectivity index (χ0) is 16.8. The lowest BCUT2D eigenvalue weighted by molar-refractivity contribution is -0.117. The van der Waals surface area contributed by atoms with Crippen LogP contribution in [-0.2, 0) is 17.8 Å². The number of fused-ring (bicyclic) bond motifs is 2. The van der Waals surface area contributed by atoms with Crippen molar-refractivity contribution in [3.05, 3.63) is 52.0 Å². The second-order valence-electron chi connectivity index (χ2n) is 5.57. The molecule has 2 aliphatic heterocycles. The lowest BCUT2D eigenvalue weighted by Crippen LogP contribution is -2.27. The molecule has 122 valence electrons. The van der Waals surface area contributed by atoms with E-state index in [-0.39, 0.29) is 37.0 Å². The summed E-state index contributed by atoms with van der Waals surface area (Å²) in [6.45, 7) is 0.134. The van der Waals surface area contributed by atoms with E-state index in [1.54, 1.807) is 35.2 Å². The summed E-state index contributed by atoms with van der Waals surface area (Å²) in [5, 5.41) is 10.1. The van der Waals surface area contributed by atoms with Gasteiger partial charge in [-0.15, -0.1) is 0 Å². The maximum Gasteiger partial charge on any atom is 0.339 e. The minimum absolute atomic E-state index is 0.0109. The number of carboxylic acid groups (broad SMARTS) is 1. The number of aromatic carboxylic acids is 1. The molecule has 0 fully saturated rings. The van der Waals surface area contributed by atoms with Gasteiger partial charge in [0.1, 0.15) is 5.56 Å². The summed E-state index contributed by atoms with van der Waals surface area (Å²) in [4.78, 5) is 25.6. The summed E-state index contributed by atoms with van der Waals surface area (Å²) >= 11 is 5.97. The number of hydrogen-bond donors (Lipinski definition) is 1. The van der Waals surface area contributed by atoms with Crippen molar-refractivity contribution >= 4 is 29.2 Å². The van der Waals surface area contributed by atoms with Gasteiger partial charge >= 0.3 is 5.97 Å². The minimum atomic E-state index is -1.12. The van der Waals surface area contributed by atoms with Crippen molar-refractivity contribution in [1.82, 2.24) is 0 Å². The van der Waals surface area contributed by atoms with E-state index < -0.39 is 5.97 Å². The molecule has 1 amide bonds. The van der Waals surface area contributed by atoms with Crippen LogP contribution in [0.5, 0.6) is 11.5 Å². The largest absolute Gasteiger partial charge is 0.478 e. The average Bonchev–Trinajstić information content (AvgIpc) is 3.11. The Morgan fingerprint density at radius 3 is 2.88 bits per heavy atom. The second-order valence-corrected chi connectivity index (χ2v) is 6.00. The number of nitrogens with zero attached hydrogens (tertiary/aromatic N) is 1. The fraction of sp³-hybridized carbons (Fsp3) is 0.176. The lowest BCUT2D eigenvalue weighted by atomic mass is 10.0. The van der Waals surface area contributed by atoms with Crippen LogP contribution in [0, 0.1) is 0 Å². The quantitative estimate of drug-likeness (QED) is 0.925. The Morgan fingerprint density at radius 2 is 2.08 bits per heavy atom. The molecule has 0 radical (unpaired) electrons. The van der Waals surface area contributed by atoms with Gasteiger partial charge in [-0.25, -0.2) is 4.79 Å². The van der Waals surface area contributed by atoms with Crippen LogP contribution < -0.4 is 14.4 Å². The van der Waals surface area contributed by atoms with Crippen molar-refractivity contribution in [3.63, 3.8) is 0 Å². The van der Waals surface area contributed by atoms with Crippen LogP contribution in [0.15, 0.2) is 30.3 Å². The highest BCUT2D eigenvalue weighted by molar-refractivity contribution is 6.30. The Bertz CT molecular complexity index is 880. The molecule has 7 heteroatoms. The molecule has 0 unspecified atom stereocenters. The Balaban J connectivity index is 1.75. The standard InChI is InChI=1S/C17H12ClNO5/c18-11-2-3-12-10(5-11)6-14(20)19(12)7-9-1-4-13-16(24-8-23-13)15(9)17(21)22/h1-5H,6-8H2,(H,21,22). The molecule has 4 rings (SSSR count). The van der Waals surface area contributed by atoms with E-state index >= 15 is 0 Å². The first kappa shape index (κ1) is 14.8. The first-order valence-electron chi connectivity index (χ1n) is 7.28. The number of carbonyl (C=O) groups excluding carboxylic acids is 1. The summed E-state index contributed by atoms with van der Waals surface area (Å²) in [7, 11) is 0. The molecule has 6 nitrogen and oxygen atoms in total. The van der Waals surface area contributed by atoms with E-state index in [4.69, 9.17) is 21.1 Å². The number of ether oxygens (including phenoxy) is 2. The van der Waals surface area contributed by atoms with Gasteiger partial charge in [0.2, 0.25) is 12.7 Å². The third-order valence-corrected chi connectivity index (χ3v) is 4.38. The van der Waals surface area contributed by atoms with Gasteiger partial charge in [0.25, 0.3) is 0 Å². The molecule has 2 aromatic carbocycles. The number of carbonyl (C=O) groups is 2. The second kappa shape index (κ2) is 5.42. The first-order valence-corrected chi connectivity index (χ1v) is 7.66. The summed E-state index contributed by atoms with van der Waals surface area (Å²) in [6, 6.07) is 8.55. The predicted octanol–water partition coefficient (Wildman–Crippen LogP) is 2.86. The van der Waals surface area contributed by atoms with Gasteiger partial charge in [-0.1, -0.05) is 17.7 Å². The molecule has 0 aromatic heterocycles. The molecule has 0 saturated heterocycles. The fourth-order valence-electron chi connectivity index (χ4n) is 3.07. The van der Waals surface area contributed by atoms with Crippen molar-refractivity contribution < 1.29 is 24.2 Å². The minimum Gasteiger partial charge on any atom is -0.478 e. The number of anilines is 1. The summed E-state index contributed by atoms with van der Waals surface area (Å²) < 4.78 is 10.5. The van der Waals surface area contributed by atoms with E-state index in [9.17, 15) is 14.7 Å². The topological polar surface area (TPSA) is 76.1 Å². The number of rotatable bonds is 3. The number of halogens is 1. The van der Waals surface area contributed by atoms with Crippen LogP contribution in [0.3, 0.4) is 0 Å². The predicted molar refractivity (Wildman–Crippen MR) is 85.9 cm³/mol. The smallest absolute Gasteiger partial charge is 0.339 e. The van der Waals surface area contributed by atoms with E-state index in [0.29, 0.717) is 16.3 Å². The van der Waals surface area contributed by atoms with E-state index in [1.807, 2.05) is 0 Å². The van der Waals surface area contributed by atoms with Gasteiger partial charge in [0, 0.05) is 10.7 Å². The van der Waals surface area contributed by atoms with Crippen LogP contribution in [0.1, 0.15) is 21.5 Å². The molecule has 0 saturated carbocycles. The maximum atomic E-state index is 12.3. The summed E-state index contributed by atoms with van der Waals surface area (Å²) in [6.07, 6.45) is 0.253. The monoisotopic (exact) mass is 345 g/mol. The molecule has 24 heavy (non-hydrogen) atoms. The van der Waals surface area contributed by atoms with E-state index in [0.717, 1.165) is 11.3 Å². The van der Waals surface area contributed by atoms with Crippen molar-refractivity contribution in [2.75, 3.05) is 11.7 Å². The Labute approximate surface area is 142 Å². The molecule has 2 aliphatic rings. The van der Waals surface area contributed by atoms with E-state index in [1.165, 1.54) is 0 Å². The lowest BCUT2D eigenvalue weighted by Gasteiger charge is -2.19. The zero-order valence-corrected chi connectivity index (χ0v) is 13.2. The van der Waals surface area contributed by atoms with E-state index in [2.05, 4.69) is 0 Å². The number of amides is 1. The van der Waals surface area contributed by atoms with Gasteiger partial charge < -0.3 is 19.5 Å². The average molecular weight is 346 g/mol. The summed E-state index contributed by atoms with van der Waals surface area (Å²) in [5.74, 6) is -0.601. The summed E-state index contributed by atoms with van der Waals surface area (Å²) in [5.41, 5.74) is 2.10. The van der Waals surface area contributed by atoms with Crippen molar-refractivity contribution in [1.29, 1.82) is 0 Å². The SMILES string of the molecule is O=C(O)c1c(CN2C(=O)Cc3cc(Cl)ccc32)ccc2c1OCO2. The van der Waals surface area contributed by atoms with Crippen LogP contribution >= 0.6 is 11.6 Å². The number of carboxylic acids is 1. The van der Waals surface area contributed by atoms with Gasteiger partial charge in [-0.2, -0.15) is 0 Å². The fourth-order valence-corrected chi connectivity index (χ4v) is 3.27. The molecule has 2 aromatic rings. The maximum absolute atomic E-state index is 12.3. The number of benzene rings is 2. The highest BCUT2D eigenvalue weighted by Gasteiger charge is 2.31. The third kappa shape index (κ3) is 2.27. The van der Waals surface area contributed by atoms with Gasteiger partial charge in [-0.3, -0.25) is 4.79 Å². The third-order valence-electron chi connectivity index (χ3n) is 4.14. The van der Waals surface area contributed by atoms with Crippen molar-refractivity contribution in [3.8, 4) is 11.5 Å². The number of hydrogen-bond acceptors (Lipinski definition) is 4. The highest BCUT2D eigenvalue weighted by Crippen LogP contribution is 2.39. The molecule has 0 bridgehead atoms. The molecule has 2 heterocycles. The normalized spacial score (nSPS) is 14.9. The Hall–Kier alpha value is -2.73. The Kier molecular flexibility index (Phi) is 3.35. The first-order chi connectivity index (χ1) is 11.5.